The fraction of sp³-hybridized carbons (Fsp3) is 0.615. The van der Waals surface area contributed by atoms with E-state index >= 15 is 0 Å². The first-order chi connectivity index (χ1) is 9.54. The van der Waals surface area contributed by atoms with Crippen LogP contribution in [0.1, 0.15) is 19.5 Å². The first-order valence-corrected chi connectivity index (χ1v) is 7.73. The summed E-state index contributed by atoms with van der Waals surface area (Å²) in [5, 5.41) is 5.55. The van der Waals surface area contributed by atoms with Crippen molar-refractivity contribution in [2.45, 2.75) is 20.8 Å². The lowest BCUT2D eigenvalue weighted by Crippen LogP contribution is -2.49. The van der Waals surface area contributed by atoms with Crippen LogP contribution in [0.5, 0.6) is 0 Å². The number of aryl methyl sites for hydroxylation is 1. The predicted molar refractivity (Wildman–Crippen MR) is 79.2 cm³/mol. The molecule has 6 nitrogen and oxygen atoms in total. The third kappa shape index (κ3) is 2.37. The summed E-state index contributed by atoms with van der Waals surface area (Å²) in [5.41, 5.74) is 0.989. The zero-order valence-electron chi connectivity index (χ0n) is 12.0. The van der Waals surface area contributed by atoms with Crippen molar-refractivity contribution in [1.29, 1.82) is 0 Å². The Kier molecular flexibility index (Phi) is 3.37. The monoisotopic (exact) mass is 293 g/mol. The largest absolute Gasteiger partial charge is 0.343 e. The van der Waals surface area contributed by atoms with Gasteiger partial charge < -0.3 is 9.80 Å². The minimum absolute atomic E-state index is 0.0766. The number of aromatic nitrogens is 3. The van der Waals surface area contributed by atoms with Crippen LogP contribution in [0, 0.1) is 12.8 Å². The molecule has 1 aliphatic rings. The number of carbonyl (C=O) groups excluding carboxylic acids is 1. The predicted octanol–water partition coefficient (Wildman–Crippen LogP) is 1.40. The third-order valence-electron chi connectivity index (χ3n) is 3.51. The van der Waals surface area contributed by atoms with Crippen LogP contribution in [0.3, 0.4) is 0 Å². The van der Waals surface area contributed by atoms with Crippen LogP contribution in [-0.2, 0) is 4.79 Å². The number of amides is 1. The highest BCUT2D eigenvalue weighted by atomic mass is 32.1. The van der Waals surface area contributed by atoms with Gasteiger partial charge in [0.2, 0.25) is 16.0 Å². The van der Waals surface area contributed by atoms with Crippen LogP contribution in [0.4, 0.5) is 5.13 Å². The van der Waals surface area contributed by atoms with E-state index in [1.165, 1.54) is 0 Å². The van der Waals surface area contributed by atoms with E-state index < -0.39 is 0 Å². The fourth-order valence-corrected chi connectivity index (χ4v) is 3.39. The van der Waals surface area contributed by atoms with Gasteiger partial charge in [-0.25, -0.2) is 9.50 Å². The van der Waals surface area contributed by atoms with Gasteiger partial charge in [-0.2, -0.15) is 0 Å². The molecule has 2 aromatic heterocycles. The van der Waals surface area contributed by atoms with Crippen LogP contribution in [0.15, 0.2) is 6.20 Å². The highest BCUT2D eigenvalue weighted by Crippen LogP contribution is 2.24. The molecule has 3 rings (SSSR count). The number of hydrogen-bond donors (Lipinski definition) is 0. The van der Waals surface area contributed by atoms with Crippen LogP contribution in [0.2, 0.25) is 0 Å². The summed E-state index contributed by atoms with van der Waals surface area (Å²) in [7, 11) is 0. The molecule has 0 spiro atoms. The second kappa shape index (κ2) is 5.05. The molecule has 0 aromatic carbocycles. The van der Waals surface area contributed by atoms with Crippen molar-refractivity contribution in [3.63, 3.8) is 0 Å². The van der Waals surface area contributed by atoms with Gasteiger partial charge in [-0.05, 0) is 6.92 Å². The Morgan fingerprint density at radius 2 is 2.00 bits per heavy atom. The van der Waals surface area contributed by atoms with Crippen molar-refractivity contribution in [3.05, 3.63) is 11.9 Å². The van der Waals surface area contributed by atoms with Crippen molar-refractivity contribution in [2.75, 3.05) is 31.1 Å². The van der Waals surface area contributed by atoms with Gasteiger partial charge in [-0.15, -0.1) is 5.10 Å². The van der Waals surface area contributed by atoms with Gasteiger partial charge in [0.15, 0.2) is 0 Å². The number of carbonyl (C=O) groups is 1. The number of fused-ring (bicyclic) bond motifs is 1. The zero-order chi connectivity index (χ0) is 14.3. The summed E-state index contributed by atoms with van der Waals surface area (Å²) < 4.78 is 1.83. The maximum absolute atomic E-state index is 12.0. The van der Waals surface area contributed by atoms with Crippen molar-refractivity contribution in [2.24, 2.45) is 5.92 Å². The van der Waals surface area contributed by atoms with E-state index in [4.69, 9.17) is 0 Å². The molecule has 1 fully saturated rings. The molecule has 1 saturated heterocycles. The van der Waals surface area contributed by atoms with Gasteiger partial charge in [0, 0.05) is 32.1 Å². The van der Waals surface area contributed by atoms with E-state index in [1.54, 1.807) is 11.3 Å². The smallest absolute Gasteiger partial charge is 0.225 e. The van der Waals surface area contributed by atoms with Crippen molar-refractivity contribution >= 4 is 27.3 Å². The van der Waals surface area contributed by atoms with Crippen LogP contribution in [0.25, 0.3) is 4.96 Å². The van der Waals surface area contributed by atoms with Crippen LogP contribution >= 0.6 is 11.3 Å². The summed E-state index contributed by atoms with van der Waals surface area (Å²) in [6.45, 7) is 9.11. The van der Waals surface area contributed by atoms with E-state index in [1.807, 2.05) is 36.4 Å². The first kappa shape index (κ1) is 13.4. The molecule has 20 heavy (non-hydrogen) atoms. The molecule has 0 aliphatic carbocycles. The normalized spacial score (nSPS) is 16.4. The van der Waals surface area contributed by atoms with Gasteiger partial charge in [0.25, 0.3) is 0 Å². The molecule has 108 valence electrons. The molecule has 7 heteroatoms. The lowest BCUT2D eigenvalue weighted by molar-refractivity contribution is -0.134. The van der Waals surface area contributed by atoms with Crippen LogP contribution < -0.4 is 4.90 Å². The number of nitrogens with zero attached hydrogens (tertiary/aromatic N) is 5. The molecule has 1 aliphatic heterocycles. The Labute approximate surface area is 122 Å². The van der Waals surface area contributed by atoms with Crippen molar-refractivity contribution in [1.82, 2.24) is 19.5 Å². The number of rotatable bonds is 2. The number of piperazine rings is 1. The molecule has 0 saturated carbocycles. The van der Waals surface area contributed by atoms with Gasteiger partial charge >= 0.3 is 0 Å². The second-order valence-corrected chi connectivity index (χ2v) is 6.40. The first-order valence-electron chi connectivity index (χ1n) is 6.91. The molecule has 2 aromatic rings. The second-order valence-electron chi connectivity index (χ2n) is 5.46. The summed E-state index contributed by atoms with van der Waals surface area (Å²) in [6, 6.07) is 0. The van der Waals surface area contributed by atoms with E-state index in [0.29, 0.717) is 0 Å². The SMILES string of the molecule is Cc1cn2nc(N3CCN(C(=O)C(C)C)CC3)sc2n1. The Hall–Kier alpha value is -1.63. The van der Waals surface area contributed by atoms with Gasteiger partial charge in [0.1, 0.15) is 0 Å². The Bertz CT molecular complexity index is 592. The minimum Gasteiger partial charge on any atom is -0.343 e. The summed E-state index contributed by atoms with van der Waals surface area (Å²) in [6.07, 6.45) is 1.94. The van der Waals surface area contributed by atoms with Crippen LogP contribution in [-0.4, -0.2) is 51.6 Å². The highest BCUT2D eigenvalue weighted by Gasteiger charge is 2.24. The summed E-state index contributed by atoms with van der Waals surface area (Å²) in [4.78, 5) is 21.5. The third-order valence-corrected chi connectivity index (χ3v) is 4.49. The van der Waals surface area contributed by atoms with Gasteiger partial charge in [-0.3, -0.25) is 4.79 Å². The average molecular weight is 293 g/mol. The Balaban J connectivity index is 1.68. The standard InChI is InChI=1S/C13H19N5OS/c1-9(2)11(19)16-4-6-17(7-5-16)13-15-18-8-10(3)14-12(18)20-13/h8-9H,4-7H2,1-3H3. The van der Waals surface area contributed by atoms with E-state index in [2.05, 4.69) is 15.0 Å². The summed E-state index contributed by atoms with van der Waals surface area (Å²) >= 11 is 1.60. The fourth-order valence-electron chi connectivity index (χ4n) is 2.41. The number of anilines is 1. The molecule has 1 amide bonds. The summed E-state index contributed by atoms with van der Waals surface area (Å²) in [5.74, 6) is 0.321. The Morgan fingerprint density at radius 3 is 2.60 bits per heavy atom. The van der Waals surface area contributed by atoms with E-state index in [-0.39, 0.29) is 11.8 Å². The zero-order valence-corrected chi connectivity index (χ0v) is 12.9. The molecule has 0 bridgehead atoms. The maximum atomic E-state index is 12.0. The maximum Gasteiger partial charge on any atom is 0.225 e. The molecule has 0 N–H and O–H groups in total. The van der Waals surface area contributed by atoms with Gasteiger partial charge in [0.05, 0.1) is 11.9 Å². The van der Waals surface area contributed by atoms with Crippen molar-refractivity contribution < 1.29 is 4.79 Å². The highest BCUT2D eigenvalue weighted by molar-refractivity contribution is 7.20. The van der Waals surface area contributed by atoms with Gasteiger partial charge in [-0.1, -0.05) is 25.2 Å². The van der Waals surface area contributed by atoms with Crippen molar-refractivity contribution in [3.8, 4) is 0 Å². The molecule has 0 unspecified atom stereocenters. The topological polar surface area (TPSA) is 53.7 Å². The molecule has 3 heterocycles. The lowest BCUT2D eigenvalue weighted by atomic mass is 10.2. The number of imidazole rings is 1. The number of hydrogen-bond acceptors (Lipinski definition) is 5. The quantitative estimate of drug-likeness (QED) is 0.840. The van der Waals surface area contributed by atoms with E-state index in [0.717, 1.165) is 42.0 Å². The molecular formula is C13H19N5OS. The molecule has 0 radical (unpaired) electrons. The lowest BCUT2D eigenvalue weighted by Gasteiger charge is -2.35. The molecule has 0 atom stereocenters. The minimum atomic E-state index is 0.0766. The molecular weight excluding hydrogens is 274 g/mol. The average Bonchev–Trinajstić information content (AvgIpc) is 2.95. The Morgan fingerprint density at radius 1 is 1.30 bits per heavy atom. The van der Waals surface area contributed by atoms with E-state index in [9.17, 15) is 4.79 Å².